The van der Waals surface area contributed by atoms with Gasteiger partial charge in [0.05, 0.1) is 7.11 Å². The van der Waals surface area contributed by atoms with Gasteiger partial charge in [0.25, 0.3) is 0 Å². The van der Waals surface area contributed by atoms with Crippen molar-refractivity contribution in [3.05, 3.63) is 28.2 Å². The third kappa shape index (κ3) is 1.62. The van der Waals surface area contributed by atoms with Crippen molar-refractivity contribution in [1.82, 2.24) is 0 Å². The number of carbonyl (C=O) groups excluding carboxylic acids is 1. The summed E-state index contributed by atoms with van der Waals surface area (Å²) >= 11 is 3.34. The molecule has 1 atom stereocenters. The topological polar surface area (TPSA) is 35.5 Å². The second-order valence-electron chi connectivity index (χ2n) is 3.09. The molecule has 4 heteroatoms. The van der Waals surface area contributed by atoms with Crippen LogP contribution in [0.5, 0.6) is 5.75 Å². The van der Waals surface area contributed by atoms with Crippen molar-refractivity contribution in [2.75, 3.05) is 7.11 Å². The Labute approximate surface area is 90.1 Å². The monoisotopic (exact) mass is 256 g/mol. The van der Waals surface area contributed by atoms with E-state index < -0.39 is 6.10 Å². The molecule has 0 saturated carbocycles. The van der Waals surface area contributed by atoms with Gasteiger partial charge in [0, 0.05) is 10.9 Å². The van der Waals surface area contributed by atoms with Crippen molar-refractivity contribution in [1.29, 1.82) is 0 Å². The summed E-state index contributed by atoms with van der Waals surface area (Å²) in [5, 5.41) is 0. The summed E-state index contributed by atoms with van der Waals surface area (Å²) in [6, 6.07) is 5.74. The van der Waals surface area contributed by atoms with Crippen LogP contribution in [0.3, 0.4) is 0 Å². The molecule has 0 N–H and O–H groups in total. The number of esters is 1. The minimum Gasteiger partial charge on any atom is -0.478 e. The van der Waals surface area contributed by atoms with E-state index in [1.807, 2.05) is 18.2 Å². The number of halogens is 1. The molecule has 1 aromatic carbocycles. The van der Waals surface area contributed by atoms with Crippen molar-refractivity contribution < 1.29 is 14.3 Å². The third-order valence-electron chi connectivity index (χ3n) is 2.17. The van der Waals surface area contributed by atoms with E-state index in [9.17, 15) is 4.79 Å². The van der Waals surface area contributed by atoms with Crippen molar-refractivity contribution >= 4 is 21.9 Å². The Balaban J connectivity index is 2.22. The number of methoxy groups -OCH3 is 1. The highest BCUT2D eigenvalue weighted by Crippen LogP contribution is 2.31. The lowest BCUT2D eigenvalue weighted by atomic mass is 10.1. The van der Waals surface area contributed by atoms with Crippen LogP contribution in [0.2, 0.25) is 0 Å². The molecule has 2 rings (SSSR count). The molecular formula is C10H9BrO3. The maximum atomic E-state index is 11.2. The Morgan fingerprint density at radius 3 is 3.14 bits per heavy atom. The van der Waals surface area contributed by atoms with Gasteiger partial charge >= 0.3 is 5.97 Å². The van der Waals surface area contributed by atoms with Gasteiger partial charge < -0.3 is 9.47 Å². The highest BCUT2D eigenvalue weighted by Gasteiger charge is 2.29. The van der Waals surface area contributed by atoms with E-state index in [1.165, 1.54) is 7.11 Å². The summed E-state index contributed by atoms with van der Waals surface area (Å²) in [5.41, 5.74) is 1.05. The van der Waals surface area contributed by atoms with Crippen molar-refractivity contribution in [2.45, 2.75) is 12.5 Å². The van der Waals surface area contributed by atoms with Crippen molar-refractivity contribution in [3.63, 3.8) is 0 Å². The molecule has 3 nitrogen and oxygen atoms in total. The van der Waals surface area contributed by atoms with Crippen molar-refractivity contribution in [3.8, 4) is 5.75 Å². The minimum atomic E-state index is -0.482. The van der Waals surface area contributed by atoms with Gasteiger partial charge in [0.1, 0.15) is 5.75 Å². The zero-order valence-electron chi connectivity index (χ0n) is 7.62. The fourth-order valence-corrected chi connectivity index (χ4v) is 1.80. The molecule has 0 amide bonds. The predicted molar refractivity (Wildman–Crippen MR) is 54.3 cm³/mol. The van der Waals surface area contributed by atoms with E-state index in [-0.39, 0.29) is 5.97 Å². The van der Waals surface area contributed by atoms with Gasteiger partial charge in [0.2, 0.25) is 0 Å². The van der Waals surface area contributed by atoms with Crippen LogP contribution < -0.4 is 4.74 Å². The normalized spacial score (nSPS) is 18.6. The summed E-state index contributed by atoms with van der Waals surface area (Å²) in [6.07, 6.45) is 0.110. The molecule has 14 heavy (non-hydrogen) atoms. The first-order valence-corrected chi connectivity index (χ1v) is 5.03. The van der Waals surface area contributed by atoms with Gasteiger partial charge in [-0.2, -0.15) is 0 Å². The number of hydrogen-bond donors (Lipinski definition) is 0. The Kier molecular flexibility index (Phi) is 2.46. The first-order valence-electron chi connectivity index (χ1n) is 4.23. The van der Waals surface area contributed by atoms with E-state index in [0.29, 0.717) is 6.42 Å². The van der Waals surface area contributed by atoms with Crippen LogP contribution in [0, 0.1) is 0 Å². The molecule has 1 heterocycles. The summed E-state index contributed by atoms with van der Waals surface area (Å²) in [6.45, 7) is 0. The molecule has 0 radical (unpaired) electrons. The van der Waals surface area contributed by atoms with Crippen LogP contribution >= 0.6 is 15.9 Å². The lowest BCUT2D eigenvalue weighted by molar-refractivity contribution is -0.147. The average molecular weight is 257 g/mol. The van der Waals surface area contributed by atoms with Gasteiger partial charge in [-0.15, -0.1) is 0 Å². The Hall–Kier alpha value is -1.03. The first kappa shape index (κ1) is 9.52. The standard InChI is InChI=1S/C10H9BrO3/c1-13-10(12)9-4-6-2-3-7(11)5-8(6)14-9/h2-3,5,9H,4H2,1H3. The highest BCUT2D eigenvalue weighted by atomic mass is 79.9. The largest absolute Gasteiger partial charge is 0.478 e. The fraction of sp³-hybridized carbons (Fsp3) is 0.300. The minimum absolute atomic E-state index is 0.322. The zero-order chi connectivity index (χ0) is 10.1. The maximum absolute atomic E-state index is 11.2. The molecule has 0 bridgehead atoms. The average Bonchev–Trinajstić information content (AvgIpc) is 2.59. The third-order valence-corrected chi connectivity index (χ3v) is 2.66. The lowest BCUT2D eigenvalue weighted by Crippen LogP contribution is -2.26. The number of carbonyl (C=O) groups is 1. The van der Waals surface area contributed by atoms with E-state index in [1.54, 1.807) is 0 Å². The summed E-state index contributed by atoms with van der Waals surface area (Å²) in [5.74, 6) is 0.437. The van der Waals surface area contributed by atoms with Gasteiger partial charge in [0.15, 0.2) is 6.10 Å². The van der Waals surface area contributed by atoms with Crippen LogP contribution in [0.1, 0.15) is 5.56 Å². The van der Waals surface area contributed by atoms with E-state index in [0.717, 1.165) is 15.8 Å². The summed E-state index contributed by atoms with van der Waals surface area (Å²) in [7, 11) is 1.37. The SMILES string of the molecule is COC(=O)C1Cc2ccc(Br)cc2O1. The second-order valence-corrected chi connectivity index (χ2v) is 4.00. The zero-order valence-corrected chi connectivity index (χ0v) is 9.21. The second kappa shape index (κ2) is 3.61. The molecule has 0 aliphatic carbocycles. The van der Waals surface area contributed by atoms with E-state index in [2.05, 4.69) is 20.7 Å². The summed E-state index contributed by atoms with van der Waals surface area (Å²) < 4.78 is 11.0. The van der Waals surface area contributed by atoms with Crippen LogP contribution in [0.25, 0.3) is 0 Å². The van der Waals surface area contributed by atoms with Crippen molar-refractivity contribution in [2.24, 2.45) is 0 Å². The smallest absolute Gasteiger partial charge is 0.347 e. The van der Waals surface area contributed by atoms with Gasteiger partial charge in [-0.05, 0) is 17.7 Å². The number of ether oxygens (including phenoxy) is 2. The molecule has 0 fully saturated rings. The molecule has 1 aliphatic heterocycles. The quantitative estimate of drug-likeness (QED) is 0.721. The molecule has 1 aromatic rings. The van der Waals surface area contributed by atoms with Crippen LogP contribution in [-0.4, -0.2) is 19.2 Å². The lowest BCUT2D eigenvalue weighted by Gasteiger charge is -2.06. The number of fused-ring (bicyclic) bond motifs is 1. The Bertz CT molecular complexity index is 376. The van der Waals surface area contributed by atoms with Crippen LogP contribution in [-0.2, 0) is 16.0 Å². The first-order chi connectivity index (χ1) is 6.70. The Morgan fingerprint density at radius 2 is 2.43 bits per heavy atom. The van der Waals surface area contributed by atoms with Gasteiger partial charge in [-0.1, -0.05) is 22.0 Å². The molecule has 1 aliphatic rings. The highest BCUT2D eigenvalue weighted by molar-refractivity contribution is 9.10. The molecule has 0 saturated heterocycles. The Morgan fingerprint density at radius 1 is 1.64 bits per heavy atom. The van der Waals surface area contributed by atoms with E-state index >= 15 is 0 Å². The maximum Gasteiger partial charge on any atom is 0.347 e. The number of benzene rings is 1. The molecule has 0 aromatic heterocycles. The number of hydrogen-bond acceptors (Lipinski definition) is 3. The van der Waals surface area contributed by atoms with E-state index in [4.69, 9.17) is 4.74 Å². The predicted octanol–water partition coefficient (Wildman–Crippen LogP) is 1.93. The molecule has 74 valence electrons. The molecule has 1 unspecified atom stereocenters. The van der Waals surface area contributed by atoms with Gasteiger partial charge in [-0.3, -0.25) is 0 Å². The van der Waals surface area contributed by atoms with Crippen LogP contribution in [0.4, 0.5) is 0 Å². The van der Waals surface area contributed by atoms with Gasteiger partial charge in [-0.25, -0.2) is 4.79 Å². The van der Waals surface area contributed by atoms with Crippen LogP contribution in [0.15, 0.2) is 22.7 Å². The molecular weight excluding hydrogens is 248 g/mol. The summed E-state index contributed by atoms with van der Waals surface area (Å²) in [4.78, 5) is 11.2. The molecule has 0 spiro atoms. The fourth-order valence-electron chi connectivity index (χ4n) is 1.46. The number of rotatable bonds is 1.